The number of nitrogens with one attached hydrogen (secondary N) is 1. The topological polar surface area (TPSA) is 101 Å². The highest BCUT2D eigenvalue weighted by Gasteiger charge is 2.26. The molecule has 1 aliphatic heterocycles. The smallest absolute Gasteiger partial charge is 0.275 e. The molecule has 3 aromatic rings. The van der Waals surface area contributed by atoms with Gasteiger partial charge in [-0.15, -0.1) is 11.3 Å². The summed E-state index contributed by atoms with van der Waals surface area (Å²) in [5.74, 6) is 0.633. The largest absolute Gasteiger partial charge is 0.497 e. The molecule has 0 spiro atoms. The molecular formula is C24H26N4O4S2. The van der Waals surface area contributed by atoms with Gasteiger partial charge in [-0.1, -0.05) is 0 Å². The maximum atomic E-state index is 12.6. The van der Waals surface area contributed by atoms with Crippen molar-refractivity contribution in [3.63, 3.8) is 0 Å². The van der Waals surface area contributed by atoms with Gasteiger partial charge in [-0.05, 0) is 61.6 Å². The third kappa shape index (κ3) is 5.87. The molecule has 1 aromatic carbocycles. The number of amides is 2. The van der Waals surface area contributed by atoms with Crippen LogP contribution in [0.3, 0.4) is 0 Å². The van der Waals surface area contributed by atoms with E-state index < -0.39 is 0 Å². The Morgan fingerprint density at radius 1 is 1.15 bits per heavy atom. The number of aromatic nitrogens is 2. The molecule has 0 radical (unpaired) electrons. The number of benzene rings is 1. The fourth-order valence-corrected chi connectivity index (χ4v) is 5.48. The second kappa shape index (κ2) is 10.9. The van der Waals surface area contributed by atoms with Crippen LogP contribution in [0.5, 0.6) is 5.75 Å². The zero-order valence-electron chi connectivity index (χ0n) is 19.1. The number of nitrogens with zero attached hydrogens (tertiary/aromatic N) is 3. The summed E-state index contributed by atoms with van der Waals surface area (Å²) in [4.78, 5) is 43.8. The lowest BCUT2D eigenvalue weighted by molar-refractivity contribution is -0.132. The lowest BCUT2D eigenvalue weighted by atomic mass is 9.97. The fraction of sp³-hybridized carbons (Fsp3) is 0.375. The van der Waals surface area contributed by atoms with Crippen LogP contribution >= 0.6 is 22.9 Å². The minimum absolute atomic E-state index is 0.000585. The summed E-state index contributed by atoms with van der Waals surface area (Å²) >= 11 is 2.73. The van der Waals surface area contributed by atoms with E-state index in [0.29, 0.717) is 35.1 Å². The molecule has 0 saturated carbocycles. The van der Waals surface area contributed by atoms with E-state index in [9.17, 15) is 14.4 Å². The number of hydrogen-bond donors (Lipinski definition) is 1. The predicted octanol–water partition coefficient (Wildman–Crippen LogP) is 4.54. The Bertz CT molecular complexity index is 1160. The molecule has 4 rings (SSSR count). The molecule has 0 atom stereocenters. The van der Waals surface area contributed by atoms with Gasteiger partial charge in [0.1, 0.15) is 16.4 Å². The third-order valence-corrected chi connectivity index (χ3v) is 7.60. The molecule has 1 saturated heterocycles. The average molecular weight is 499 g/mol. The first kappa shape index (κ1) is 24.0. The van der Waals surface area contributed by atoms with Gasteiger partial charge in [-0.2, -0.15) is 4.37 Å². The SMILES string of the molecule is COc1ccc(C(=O)CCC(=O)N2CCC(c3nc(C(=O)Nc4cc(C)ns4)cs3)CC2)cc1. The molecule has 1 N–H and O–H groups in total. The average Bonchev–Trinajstić information content (AvgIpc) is 3.52. The van der Waals surface area contributed by atoms with E-state index in [0.717, 1.165) is 23.5 Å². The van der Waals surface area contributed by atoms with Gasteiger partial charge in [-0.3, -0.25) is 14.4 Å². The van der Waals surface area contributed by atoms with Gasteiger partial charge in [0, 0.05) is 42.8 Å². The van der Waals surface area contributed by atoms with Crippen molar-refractivity contribution in [3.05, 3.63) is 57.7 Å². The van der Waals surface area contributed by atoms with E-state index in [1.54, 1.807) is 36.8 Å². The third-order valence-electron chi connectivity index (χ3n) is 5.79. The maximum absolute atomic E-state index is 12.6. The molecule has 0 unspecified atom stereocenters. The summed E-state index contributed by atoms with van der Waals surface area (Å²) in [6.07, 6.45) is 1.98. The van der Waals surface area contributed by atoms with E-state index in [4.69, 9.17) is 4.74 Å². The molecule has 2 amide bonds. The predicted molar refractivity (Wildman–Crippen MR) is 132 cm³/mol. The van der Waals surface area contributed by atoms with Crippen LogP contribution in [-0.2, 0) is 4.79 Å². The van der Waals surface area contributed by atoms with Crippen molar-refractivity contribution in [2.45, 2.75) is 38.5 Å². The van der Waals surface area contributed by atoms with Gasteiger partial charge >= 0.3 is 0 Å². The van der Waals surface area contributed by atoms with Crippen molar-refractivity contribution in [2.24, 2.45) is 0 Å². The second-order valence-corrected chi connectivity index (χ2v) is 9.86. The van der Waals surface area contributed by atoms with Crippen LogP contribution in [-0.4, -0.2) is 52.1 Å². The number of carbonyl (C=O) groups is 3. The number of rotatable bonds is 8. The first-order valence-corrected chi connectivity index (χ1v) is 12.7. The van der Waals surface area contributed by atoms with Crippen molar-refractivity contribution < 1.29 is 19.1 Å². The Labute approximate surface area is 206 Å². The van der Waals surface area contributed by atoms with Crippen LogP contribution in [0.4, 0.5) is 5.00 Å². The molecule has 1 aliphatic rings. The Hall–Kier alpha value is -3.11. The van der Waals surface area contributed by atoms with Crippen molar-refractivity contribution in [3.8, 4) is 5.75 Å². The summed E-state index contributed by atoms with van der Waals surface area (Å²) in [5.41, 5.74) is 1.86. The molecule has 3 heterocycles. The van der Waals surface area contributed by atoms with Crippen LogP contribution in [0.15, 0.2) is 35.7 Å². The summed E-state index contributed by atoms with van der Waals surface area (Å²) in [5, 5.41) is 6.24. The van der Waals surface area contributed by atoms with Crippen LogP contribution in [0, 0.1) is 6.92 Å². The number of likely N-dealkylation sites (tertiary alicyclic amines) is 1. The van der Waals surface area contributed by atoms with Crippen LogP contribution in [0.1, 0.15) is 63.1 Å². The highest BCUT2D eigenvalue weighted by atomic mass is 32.1. The number of anilines is 1. The Balaban J connectivity index is 1.24. The lowest BCUT2D eigenvalue weighted by Gasteiger charge is -2.31. The Morgan fingerprint density at radius 3 is 2.53 bits per heavy atom. The number of carbonyl (C=O) groups excluding carboxylic acids is 3. The fourth-order valence-electron chi connectivity index (χ4n) is 3.85. The van der Waals surface area contributed by atoms with Gasteiger partial charge in [0.05, 0.1) is 17.8 Å². The number of ether oxygens (including phenoxy) is 1. The molecule has 0 bridgehead atoms. The van der Waals surface area contributed by atoms with E-state index in [1.165, 1.54) is 22.9 Å². The minimum Gasteiger partial charge on any atom is -0.497 e. The van der Waals surface area contributed by atoms with Gasteiger partial charge in [0.25, 0.3) is 5.91 Å². The molecule has 2 aromatic heterocycles. The highest BCUT2D eigenvalue weighted by Crippen LogP contribution is 2.31. The van der Waals surface area contributed by atoms with Gasteiger partial charge in [0.15, 0.2) is 5.78 Å². The van der Waals surface area contributed by atoms with Crippen molar-refractivity contribution in [1.82, 2.24) is 14.3 Å². The summed E-state index contributed by atoms with van der Waals surface area (Å²) in [6, 6.07) is 8.75. The Morgan fingerprint density at radius 2 is 1.88 bits per heavy atom. The van der Waals surface area contributed by atoms with Gasteiger partial charge in [0.2, 0.25) is 5.91 Å². The number of hydrogen-bond acceptors (Lipinski definition) is 8. The summed E-state index contributed by atoms with van der Waals surface area (Å²) in [6.45, 7) is 3.13. The van der Waals surface area contributed by atoms with Gasteiger partial charge < -0.3 is 15.0 Å². The van der Waals surface area contributed by atoms with E-state index in [2.05, 4.69) is 14.7 Å². The number of thiazole rings is 1. The molecule has 34 heavy (non-hydrogen) atoms. The molecule has 10 heteroatoms. The van der Waals surface area contributed by atoms with E-state index >= 15 is 0 Å². The van der Waals surface area contributed by atoms with Crippen molar-refractivity contribution in [2.75, 3.05) is 25.5 Å². The zero-order valence-corrected chi connectivity index (χ0v) is 20.7. The first-order chi connectivity index (χ1) is 16.4. The Kier molecular flexibility index (Phi) is 7.69. The molecular weight excluding hydrogens is 472 g/mol. The maximum Gasteiger partial charge on any atom is 0.275 e. The molecule has 1 fully saturated rings. The minimum atomic E-state index is -0.236. The highest BCUT2D eigenvalue weighted by molar-refractivity contribution is 7.10. The van der Waals surface area contributed by atoms with E-state index in [1.807, 2.05) is 17.9 Å². The molecule has 178 valence electrons. The second-order valence-electron chi connectivity index (χ2n) is 8.16. The number of piperidine rings is 1. The monoisotopic (exact) mass is 498 g/mol. The van der Waals surface area contributed by atoms with Crippen LogP contribution in [0.25, 0.3) is 0 Å². The van der Waals surface area contributed by atoms with Crippen LogP contribution < -0.4 is 10.1 Å². The quantitative estimate of drug-likeness (QED) is 0.458. The number of ketones is 1. The molecule has 0 aliphatic carbocycles. The lowest BCUT2D eigenvalue weighted by Crippen LogP contribution is -2.38. The summed E-state index contributed by atoms with van der Waals surface area (Å²) < 4.78 is 9.27. The normalized spacial score (nSPS) is 14.1. The number of Topliss-reactive ketones (excluding diaryl/α,β-unsaturated/α-hetero) is 1. The zero-order chi connectivity index (χ0) is 24.1. The standard InChI is InChI=1S/C24H26N4O4S2/c1-15-13-21(34-27-15)26-23(31)19-14-33-24(25-19)17-9-11-28(12-10-17)22(30)8-7-20(29)16-3-5-18(32-2)6-4-16/h3-6,13-14,17H,7-12H2,1-2H3,(H,26,31). The summed E-state index contributed by atoms with van der Waals surface area (Å²) in [7, 11) is 1.58. The van der Waals surface area contributed by atoms with Crippen molar-refractivity contribution >= 4 is 45.5 Å². The first-order valence-electron chi connectivity index (χ1n) is 11.1. The number of methoxy groups -OCH3 is 1. The van der Waals surface area contributed by atoms with Gasteiger partial charge in [-0.25, -0.2) is 4.98 Å². The van der Waals surface area contributed by atoms with Crippen molar-refractivity contribution in [1.29, 1.82) is 0 Å². The number of aryl methyl sites for hydroxylation is 1. The van der Waals surface area contributed by atoms with Crippen LogP contribution in [0.2, 0.25) is 0 Å². The molecule has 8 nitrogen and oxygen atoms in total. The van der Waals surface area contributed by atoms with E-state index in [-0.39, 0.29) is 36.4 Å².